The van der Waals surface area contributed by atoms with Gasteiger partial charge in [0.1, 0.15) is 0 Å². The van der Waals surface area contributed by atoms with Gasteiger partial charge in [-0.25, -0.2) is 0 Å². The van der Waals surface area contributed by atoms with Gasteiger partial charge in [-0.15, -0.1) is 12.6 Å². The van der Waals surface area contributed by atoms with E-state index in [-0.39, 0.29) is 0 Å². The first kappa shape index (κ1) is 28.5. The monoisotopic (exact) mass is 712 g/mol. The van der Waals surface area contributed by atoms with Crippen LogP contribution in [0.15, 0.2) is 109 Å². The Bertz CT molecular complexity index is 1170. The molecule has 172 valence electrons. The van der Waals surface area contributed by atoms with Crippen molar-refractivity contribution in [2.24, 2.45) is 0 Å². The molecule has 0 saturated carbocycles. The Balaban J connectivity index is 0.000000192. The minimum absolute atomic E-state index is 1.07. The molecule has 0 unspecified atom stereocenters. The van der Waals surface area contributed by atoms with Crippen molar-refractivity contribution in [1.29, 1.82) is 0 Å². The van der Waals surface area contributed by atoms with Gasteiger partial charge < -0.3 is 0 Å². The van der Waals surface area contributed by atoms with Crippen molar-refractivity contribution in [3.05, 3.63) is 120 Å². The predicted molar refractivity (Wildman–Crippen MR) is 164 cm³/mol. The Hall–Kier alpha value is -0.730. The molecule has 0 atom stereocenters. The summed E-state index contributed by atoms with van der Waals surface area (Å²) in [4.78, 5) is 3.65. The van der Waals surface area contributed by atoms with E-state index in [1.807, 2.05) is 30.3 Å². The highest BCUT2D eigenvalue weighted by Gasteiger charge is 2.04. The van der Waals surface area contributed by atoms with Gasteiger partial charge in [-0.2, -0.15) is 0 Å². The van der Waals surface area contributed by atoms with Crippen LogP contribution in [-0.4, -0.2) is 0 Å². The van der Waals surface area contributed by atoms with Crippen molar-refractivity contribution in [3.63, 3.8) is 0 Å². The maximum atomic E-state index is 4.25. The third-order valence-electron chi connectivity index (χ3n) is 4.56. The molecule has 5 heteroatoms. The molecule has 0 aliphatic carbocycles. The van der Waals surface area contributed by atoms with Crippen LogP contribution in [0.4, 0.5) is 0 Å². The van der Waals surface area contributed by atoms with Gasteiger partial charge in [0, 0.05) is 27.2 Å². The SMILES string of the molecule is Brc1ccccc1I.Cc1ccc(S)c(C)c1.Cc1ccc(Sc2ccccc2Br)c(C)c1. The molecule has 4 aromatic rings. The van der Waals surface area contributed by atoms with Gasteiger partial charge in [0.25, 0.3) is 0 Å². The molecule has 0 heterocycles. The van der Waals surface area contributed by atoms with Gasteiger partial charge in [-0.1, -0.05) is 71.4 Å². The first-order valence-corrected chi connectivity index (χ1v) is 14.3. The topological polar surface area (TPSA) is 0 Å². The van der Waals surface area contributed by atoms with Gasteiger partial charge >= 0.3 is 0 Å². The van der Waals surface area contributed by atoms with E-state index in [2.05, 4.69) is 149 Å². The first-order valence-electron chi connectivity index (χ1n) is 10.3. The zero-order chi connectivity index (χ0) is 24.4. The number of aryl methyl sites for hydroxylation is 4. The fourth-order valence-electron chi connectivity index (χ4n) is 2.80. The van der Waals surface area contributed by atoms with Crippen molar-refractivity contribution < 1.29 is 0 Å². The van der Waals surface area contributed by atoms with Crippen molar-refractivity contribution in [2.75, 3.05) is 0 Å². The van der Waals surface area contributed by atoms with E-state index in [1.165, 1.54) is 40.1 Å². The van der Waals surface area contributed by atoms with E-state index >= 15 is 0 Å². The van der Waals surface area contributed by atoms with Crippen LogP contribution in [0.25, 0.3) is 0 Å². The van der Waals surface area contributed by atoms with Crippen LogP contribution in [0.2, 0.25) is 0 Å². The van der Waals surface area contributed by atoms with Gasteiger partial charge in [0.15, 0.2) is 0 Å². The standard InChI is InChI=1S/C14H13BrS.C8H10S.C6H4BrI/c1-10-7-8-13(11(2)9-10)16-14-6-4-3-5-12(14)15;1-6-3-4-8(9)7(2)5-6;7-5-3-1-2-4-6(5)8/h3-9H,1-2H3;3-5,9H,1-2H3;1-4H. The molecule has 0 fully saturated rings. The van der Waals surface area contributed by atoms with Crippen LogP contribution in [0.5, 0.6) is 0 Å². The lowest BCUT2D eigenvalue weighted by atomic mass is 10.2. The Kier molecular flexibility index (Phi) is 12.6. The summed E-state index contributed by atoms with van der Waals surface area (Å²) < 4.78 is 3.57. The smallest absolute Gasteiger partial charge is 0.0314 e. The molecule has 0 saturated heterocycles. The molecule has 0 amide bonds. The van der Waals surface area contributed by atoms with E-state index in [0.717, 1.165) is 9.37 Å². The van der Waals surface area contributed by atoms with Gasteiger partial charge in [0.2, 0.25) is 0 Å². The maximum Gasteiger partial charge on any atom is 0.0314 e. The van der Waals surface area contributed by atoms with Crippen molar-refractivity contribution in [2.45, 2.75) is 42.4 Å². The molecule has 0 aromatic heterocycles. The summed E-state index contributed by atoms with van der Waals surface area (Å²) in [6, 6.07) is 29.2. The summed E-state index contributed by atoms with van der Waals surface area (Å²) in [5, 5.41) is 0. The second-order valence-corrected chi connectivity index (χ2v) is 11.9. The zero-order valence-electron chi connectivity index (χ0n) is 19.1. The summed E-state index contributed by atoms with van der Waals surface area (Å²) in [6.45, 7) is 8.43. The van der Waals surface area contributed by atoms with Crippen LogP contribution < -0.4 is 0 Å². The molecule has 33 heavy (non-hydrogen) atoms. The third kappa shape index (κ3) is 10.2. The van der Waals surface area contributed by atoms with Crippen LogP contribution >= 0.6 is 78.8 Å². The number of rotatable bonds is 2. The number of thiol groups is 1. The highest BCUT2D eigenvalue weighted by molar-refractivity contribution is 14.1. The number of hydrogen-bond acceptors (Lipinski definition) is 2. The third-order valence-corrected chi connectivity index (χ3v) is 9.65. The lowest BCUT2D eigenvalue weighted by Crippen LogP contribution is -1.82. The summed E-state index contributed by atoms with van der Waals surface area (Å²) in [5.74, 6) is 0. The molecular formula is C28H27Br2IS2. The average molecular weight is 714 g/mol. The molecule has 4 rings (SSSR count). The summed E-state index contributed by atoms with van der Waals surface area (Å²) in [6.07, 6.45) is 0. The number of benzene rings is 4. The molecule has 0 N–H and O–H groups in total. The number of hydrogen-bond donors (Lipinski definition) is 1. The van der Waals surface area contributed by atoms with Crippen molar-refractivity contribution in [3.8, 4) is 0 Å². The Morgan fingerprint density at radius 2 is 1.18 bits per heavy atom. The van der Waals surface area contributed by atoms with E-state index < -0.39 is 0 Å². The van der Waals surface area contributed by atoms with Crippen molar-refractivity contribution >= 4 is 78.8 Å². The summed E-state index contributed by atoms with van der Waals surface area (Å²) in [7, 11) is 0. The van der Waals surface area contributed by atoms with Crippen LogP contribution in [-0.2, 0) is 0 Å². The second-order valence-electron chi connectivity index (χ2n) is 7.51. The normalized spacial score (nSPS) is 9.94. The summed E-state index contributed by atoms with van der Waals surface area (Å²) in [5.41, 5.74) is 5.19. The lowest BCUT2D eigenvalue weighted by molar-refractivity contribution is 1.25. The Labute approximate surface area is 238 Å². The van der Waals surface area contributed by atoms with Crippen LogP contribution in [0.1, 0.15) is 22.3 Å². The van der Waals surface area contributed by atoms with E-state index in [9.17, 15) is 0 Å². The minimum atomic E-state index is 1.07. The van der Waals surface area contributed by atoms with E-state index in [1.54, 1.807) is 11.8 Å². The minimum Gasteiger partial charge on any atom is -0.143 e. The van der Waals surface area contributed by atoms with Gasteiger partial charge in [-0.05, 0) is 130 Å². The van der Waals surface area contributed by atoms with Gasteiger partial charge in [0.05, 0.1) is 0 Å². The highest BCUT2D eigenvalue weighted by Crippen LogP contribution is 2.35. The molecule has 0 aliphatic rings. The van der Waals surface area contributed by atoms with Gasteiger partial charge in [-0.3, -0.25) is 0 Å². The molecule has 4 aromatic carbocycles. The Morgan fingerprint density at radius 3 is 1.67 bits per heavy atom. The van der Waals surface area contributed by atoms with E-state index in [4.69, 9.17) is 0 Å². The predicted octanol–water partition coefficient (Wildman–Crippen LogP) is 10.9. The second kappa shape index (κ2) is 14.6. The van der Waals surface area contributed by atoms with Crippen molar-refractivity contribution in [1.82, 2.24) is 0 Å². The zero-order valence-corrected chi connectivity index (χ0v) is 26.1. The molecule has 0 aliphatic heterocycles. The quantitative estimate of drug-likeness (QED) is 0.159. The fourth-order valence-corrected chi connectivity index (χ4v) is 5.05. The maximum absolute atomic E-state index is 4.25. The molecule has 0 spiro atoms. The lowest BCUT2D eigenvalue weighted by Gasteiger charge is -2.07. The molecule has 0 radical (unpaired) electrons. The first-order chi connectivity index (χ1) is 15.7. The number of halogens is 3. The van der Waals surface area contributed by atoms with E-state index in [0.29, 0.717) is 0 Å². The Morgan fingerprint density at radius 1 is 0.636 bits per heavy atom. The summed E-state index contributed by atoms with van der Waals surface area (Å²) >= 11 is 15.3. The average Bonchev–Trinajstić information content (AvgIpc) is 2.77. The fraction of sp³-hybridized carbons (Fsp3) is 0.143. The molecular weight excluding hydrogens is 687 g/mol. The molecule has 0 bridgehead atoms. The molecule has 0 nitrogen and oxygen atoms in total. The van der Waals surface area contributed by atoms with Crippen LogP contribution in [0, 0.1) is 31.3 Å². The highest BCUT2D eigenvalue weighted by atomic mass is 127. The van der Waals surface area contributed by atoms with Crippen LogP contribution in [0.3, 0.4) is 0 Å². The largest absolute Gasteiger partial charge is 0.143 e.